The molecule has 4 heteroatoms. The van der Waals surface area contributed by atoms with Crippen LogP contribution < -0.4 is 5.32 Å². The molecule has 96 valence electrons. The largest absolute Gasteiger partial charge is 0.469 e. The molecule has 1 aromatic rings. The summed E-state index contributed by atoms with van der Waals surface area (Å²) in [6, 6.07) is 3.86. The first-order valence-corrected chi connectivity index (χ1v) is 5.88. The number of furan rings is 1. The van der Waals surface area contributed by atoms with Gasteiger partial charge in [0.15, 0.2) is 0 Å². The molecular formula is C13H21NO3. The number of ether oxygens (including phenoxy) is 1. The number of rotatable bonds is 6. The highest BCUT2D eigenvalue weighted by atomic mass is 16.5. The summed E-state index contributed by atoms with van der Waals surface area (Å²) in [6.07, 6.45) is 0. The third-order valence-electron chi connectivity index (χ3n) is 2.77. The van der Waals surface area contributed by atoms with Crippen LogP contribution in [0, 0.1) is 18.8 Å². The first-order chi connectivity index (χ1) is 8.04. The predicted molar refractivity (Wildman–Crippen MR) is 65.5 cm³/mol. The lowest BCUT2D eigenvalue weighted by Gasteiger charge is -2.18. The maximum Gasteiger partial charge on any atom is 0.310 e. The maximum absolute atomic E-state index is 11.5. The third-order valence-corrected chi connectivity index (χ3v) is 2.77. The van der Waals surface area contributed by atoms with Crippen molar-refractivity contribution in [3.8, 4) is 0 Å². The SMILES string of the molecule is COC(=O)C(CNCc1ccc(C)o1)C(C)C. The van der Waals surface area contributed by atoms with Crippen molar-refractivity contribution < 1.29 is 13.9 Å². The minimum absolute atomic E-state index is 0.115. The summed E-state index contributed by atoms with van der Waals surface area (Å²) in [5.74, 6) is 1.76. The molecule has 0 radical (unpaired) electrons. The van der Waals surface area contributed by atoms with E-state index in [0.717, 1.165) is 11.5 Å². The second-order valence-corrected chi connectivity index (χ2v) is 4.52. The highest BCUT2D eigenvalue weighted by Gasteiger charge is 2.22. The van der Waals surface area contributed by atoms with Crippen LogP contribution in [0.15, 0.2) is 16.5 Å². The number of nitrogens with one attached hydrogen (secondary N) is 1. The quantitative estimate of drug-likeness (QED) is 0.773. The topological polar surface area (TPSA) is 51.5 Å². The number of hydrogen-bond acceptors (Lipinski definition) is 4. The number of carbonyl (C=O) groups excluding carboxylic acids is 1. The standard InChI is InChI=1S/C13H21NO3/c1-9(2)12(13(15)16-4)8-14-7-11-6-5-10(3)17-11/h5-6,9,12,14H,7-8H2,1-4H3. The fraction of sp³-hybridized carbons (Fsp3) is 0.615. The Morgan fingerprint density at radius 3 is 2.65 bits per heavy atom. The Balaban J connectivity index is 2.39. The van der Waals surface area contributed by atoms with Crippen molar-refractivity contribution in [3.05, 3.63) is 23.7 Å². The van der Waals surface area contributed by atoms with E-state index in [1.54, 1.807) is 0 Å². The van der Waals surface area contributed by atoms with Crippen molar-refractivity contribution in [2.45, 2.75) is 27.3 Å². The van der Waals surface area contributed by atoms with Crippen molar-refractivity contribution in [3.63, 3.8) is 0 Å². The van der Waals surface area contributed by atoms with E-state index in [9.17, 15) is 4.79 Å². The van der Waals surface area contributed by atoms with Crippen LogP contribution in [0.5, 0.6) is 0 Å². The third kappa shape index (κ3) is 4.23. The van der Waals surface area contributed by atoms with Gasteiger partial charge in [0.05, 0.1) is 19.6 Å². The van der Waals surface area contributed by atoms with Crippen LogP contribution >= 0.6 is 0 Å². The fourth-order valence-electron chi connectivity index (χ4n) is 1.67. The Morgan fingerprint density at radius 1 is 1.47 bits per heavy atom. The molecule has 0 aliphatic carbocycles. The van der Waals surface area contributed by atoms with Gasteiger partial charge in [-0.3, -0.25) is 4.79 Å². The molecule has 0 saturated carbocycles. The summed E-state index contributed by atoms with van der Waals surface area (Å²) in [4.78, 5) is 11.5. The van der Waals surface area contributed by atoms with Gasteiger partial charge in [0.25, 0.3) is 0 Å². The lowest BCUT2D eigenvalue weighted by molar-refractivity contribution is -0.146. The molecule has 0 amide bonds. The van der Waals surface area contributed by atoms with E-state index in [4.69, 9.17) is 9.15 Å². The van der Waals surface area contributed by atoms with Crippen molar-refractivity contribution in [2.24, 2.45) is 11.8 Å². The van der Waals surface area contributed by atoms with Gasteiger partial charge >= 0.3 is 5.97 Å². The zero-order valence-electron chi connectivity index (χ0n) is 10.9. The Bertz CT molecular complexity index is 357. The van der Waals surface area contributed by atoms with Crippen molar-refractivity contribution in [2.75, 3.05) is 13.7 Å². The van der Waals surface area contributed by atoms with E-state index in [0.29, 0.717) is 13.1 Å². The first-order valence-electron chi connectivity index (χ1n) is 5.88. The number of carbonyl (C=O) groups is 1. The molecular weight excluding hydrogens is 218 g/mol. The smallest absolute Gasteiger partial charge is 0.310 e. The Kier molecular flexibility index (Phi) is 5.22. The highest BCUT2D eigenvalue weighted by molar-refractivity contribution is 5.72. The van der Waals surface area contributed by atoms with Gasteiger partial charge in [-0.15, -0.1) is 0 Å². The Labute approximate surface area is 102 Å². The zero-order valence-corrected chi connectivity index (χ0v) is 10.9. The van der Waals surface area contributed by atoms with E-state index in [1.807, 2.05) is 32.9 Å². The second-order valence-electron chi connectivity index (χ2n) is 4.52. The normalized spacial score (nSPS) is 12.8. The van der Waals surface area contributed by atoms with Gasteiger partial charge in [-0.1, -0.05) is 13.8 Å². The maximum atomic E-state index is 11.5. The average molecular weight is 239 g/mol. The molecule has 17 heavy (non-hydrogen) atoms. The molecule has 1 atom stereocenters. The molecule has 1 N–H and O–H groups in total. The Morgan fingerprint density at radius 2 is 2.18 bits per heavy atom. The summed E-state index contributed by atoms with van der Waals surface area (Å²) in [6.45, 7) is 7.17. The van der Waals surface area contributed by atoms with Gasteiger partial charge in [0.1, 0.15) is 11.5 Å². The molecule has 4 nitrogen and oxygen atoms in total. The molecule has 1 rings (SSSR count). The van der Waals surface area contributed by atoms with Gasteiger partial charge in [-0.2, -0.15) is 0 Å². The van der Waals surface area contributed by atoms with Crippen LogP contribution in [0.25, 0.3) is 0 Å². The minimum atomic E-state index is -0.164. The molecule has 0 aliphatic rings. The van der Waals surface area contributed by atoms with Gasteiger partial charge in [0, 0.05) is 6.54 Å². The van der Waals surface area contributed by atoms with E-state index < -0.39 is 0 Å². The van der Waals surface area contributed by atoms with Crippen molar-refractivity contribution in [1.82, 2.24) is 5.32 Å². The van der Waals surface area contributed by atoms with Gasteiger partial charge in [-0.05, 0) is 25.0 Å². The van der Waals surface area contributed by atoms with Crippen molar-refractivity contribution in [1.29, 1.82) is 0 Å². The average Bonchev–Trinajstić information content (AvgIpc) is 2.69. The van der Waals surface area contributed by atoms with Crippen LogP contribution in [0.4, 0.5) is 0 Å². The molecule has 0 saturated heterocycles. The van der Waals surface area contributed by atoms with Gasteiger partial charge < -0.3 is 14.5 Å². The summed E-state index contributed by atoms with van der Waals surface area (Å²) in [7, 11) is 1.42. The van der Waals surface area contributed by atoms with Crippen LogP contribution in [0.3, 0.4) is 0 Å². The lowest BCUT2D eigenvalue weighted by Crippen LogP contribution is -2.32. The van der Waals surface area contributed by atoms with Gasteiger partial charge in [-0.25, -0.2) is 0 Å². The molecule has 0 spiro atoms. The molecule has 0 aromatic carbocycles. The molecule has 0 aliphatic heterocycles. The predicted octanol–water partition coefficient (Wildman–Crippen LogP) is 2.12. The number of aryl methyl sites for hydroxylation is 1. The van der Waals surface area contributed by atoms with Gasteiger partial charge in [0.2, 0.25) is 0 Å². The number of esters is 1. The van der Waals surface area contributed by atoms with E-state index in [-0.39, 0.29) is 17.8 Å². The van der Waals surface area contributed by atoms with Crippen LogP contribution in [0.2, 0.25) is 0 Å². The van der Waals surface area contributed by atoms with E-state index >= 15 is 0 Å². The fourth-order valence-corrected chi connectivity index (χ4v) is 1.67. The van der Waals surface area contributed by atoms with Crippen molar-refractivity contribution >= 4 is 5.97 Å². The molecule has 0 fully saturated rings. The monoisotopic (exact) mass is 239 g/mol. The van der Waals surface area contributed by atoms with Crippen LogP contribution in [0.1, 0.15) is 25.4 Å². The van der Waals surface area contributed by atoms with Crippen LogP contribution in [-0.4, -0.2) is 19.6 Å². The summed E-state index contributed by atoms with van der Waals surface area (Å²) >= 11 is 0. The Hall–Kier alpha value is -1.29. The van der Waals surface area contributed by atoms with E-state index in [2.05, 4.69) is 5.32 Å². The molecule has 0 bridgehead atoms. The summed E-state index contributed by atoms with van der Waals surface area (Å²) < 4.78 is 10.2. The zero-order chi connectivity index (χ0) is 12.8. The van der Waals surface area contributed by atoms with E-state index in [1.165, 1.54) is 7.11 Å². The number of hydrogen-bond donors (Lipinski definition) is 1. The van der Waals surface area contributed by atoms with Crippen LogP contribution in [-0.2, 0) is 16.1 Å². The molecule has 1 unspecified atom stereocenters. The lowest BCUT2D eigenvalue weighted by atomic mass is 9.96. The summed E-state index contributed by atoms with van der Waals surface area (Å²) in [5, 5.41) is 3.22. The first kappa shape index (κ1) is 13.8. The molecule has 1 aromatic heterocycles. The second kappa shape index (κ2) is 6.45. The number of methoxy groups -OCH3 is 1. The summed E-state index contributed by atoms with van der Waals surface area (Å²) in [5.41, 5.74) is 0. The molecule has 1 heterocycles. The highest BCUT2D eigenvalue weighted by Crippen LogP contribution is 2.12. The minimum Gasteiger partial charge on any atom is -0.469 e.